The molecule has 1 aromatic rings. The Balaban J connectivity index is 2.28. The average Bonchev–Trinajstić information content (AvgIpc) is 2.69. The fourth-order valence-electron chi connectivity index (χ4n) is 1.45. The molecule has 1 heterocycles. The van der Waals surface area contributed by atoms with E-state index >= 15 is 0 Å². The summed E-state index contributed by atoms with van der Waals surface area (Å²) < 4.78 is 1.80. The Morgan fingerprint density at radius 2 is 2.38 bits per heavy atom. The number of carbonyl (C=O) groups is 1. The second kappa shape index (κ2) is 6.27. The molecule has 90 valence electrons. The van der Waals surface area contributed by atoms with E-state index in [2.05, 4.69) is 10.4 Å². The third kappa shape index (κ3) is 4.44. The highest BCUT2D eigenvalue weighted by atomic mass is 16.1. The summed E-state index contributed by atoms with van der Waals surface area (Å²) in [6, 6.07) is 1.88. The minimum Gasteiger partial charge on any atom is -0.352 e. The van der Waals surface area contributed by atoms with E-state index in [1.165, 1.54) is 0 Å². The number of nitrogens with one attached hydrogen (secondary N) is 1. The van der Waals surface area contributed by atoms with Gasteiger partial charge in [-0.15, -0.1) is 0 Å². The highest BCUT2D eigenvalue weighted by Gasteiger charge is 2.11. The summed E-state index contributed by atoms with van der Waals surface area (Å²) in [4.78, 5) is 11.5. The highest BCUT2D eigenvalue weighted by Crippen LogP contribution is 1.95. The van der Waals surface area contributed by atoms with Crippen LogP contribution in [0, 0.1) is 0 Å². The molecule has 0 saturated heterocycles. The van der Waals surface area contributed by atoms with Crippen LogP contribution in [0.3, 0.4) is 0 Å². The largest absolute Gasteiger partial charge is 0.352 e. The molecule has 0 aliphatic heterocycles. The summed E-state index contributed by atoms with van der Waals surface area (Å²) in [5.41, 5.74) is 5.71. The van der Waals surface area contributed by atoms with Crippen molar-refractivity contribution in [3.8, 4) is 0 Å². The van der Waals surface area contributed by atoms with Crippen LogP contribution in [0.5, 0.6) is 0 Å². The van der Waals surface area contributed by atoms with Crippen molar-refractivity contribution in [2.45, 2.75) is 45.3 Å². The molecule has 2 unspecified atom stereocenters. The van der Waals surface area contributed by atoms with Crippen molar-refractivity contribution in [2.24, 2.45) is 5.73 Å². The molecule has 0 fully saturated rings. The van der Waals surface area contributed by atoms with Gasteiger partial charge in [-0.05, 0) is 19.4 Å². The van der Waals surface area contributed by atoms with Crippen molar-refractivity contribution in [2.75, 3.05) is 0 Å². The van der Waals surface area contributed by atoms with Gasteiger partial charge in [-0.3, -0.25) is 9.48 Å². The van der Waals surface area contributed by atoms with Crippen LogP contribution in [0.2, 0.25) is 0 Å². The Morgan fingerprint density at radius 1 is 1.62 bits per heavy atom. The van der Waals surface area contributed by atoms with E-state index in [0.29, 0.717) is 13.0 Å². The maximum absolute atomic E-state index is 11.5. The molecular weight excluding hydrogens is 204 g/mol. The molecule has 0 spiro atoms. The van der Waals surface area contributed by atoms with Crippen molar-refractivity contribution in [3.63, 3.8) is 0 Å². The molecule has 1 amide bonds. The van der Waals surface area contributed by atoms with Crippen LogP contribution in [0.25, 0.3) is 0 Å². The summed E-state index contributed by atoms with van der Waals surface area (Å²) in [6.45, 7) is 4.61. The zero-order valence-electron chi connectivity index (χ0n) is 9.89. The normalized spacial score (nSPS) is 14.4. The highest BCUT2D eigenvalue weighted by molar-refractivity contribution is 5.76. The van der Waals surface area contributed by atoms with Gasteiger partial charge in [0.05, 0.1) is 6.54 Å². The number of nitrogens with two attached hydrogens (primary N) is 1. The Hall–Kier alpha value is -1.36. The molecule has 1 rings (SSSR count). The van der Waals surface area contributed by atoms with Gasteiger partial charge in [-0.2, -0.15) is 5.10 Å². The van der Waals surface area contributed by atoms with Gasteiger partial charge in [0, 0.05) is 30.9 Å². The maximum atomic E-state index is 11.5. The van der Waals surface area contributed by atoms with Crippen LogP contribution < -0.4 is 11.1 Å². The Kier molecular flexibility index (Phi) is 4.98. The Morgan fingerprint density at radius 3 is 2.94 bits per heavy atom. The predicted octanol–water partition coefficient (Wildman–Crippen LogP) is 0.515. The monoisotopic (exact) mass is 224 g/mol. The van der Waals surface area contributed by atoms with Crippen molar-refractivity contribution in [1.29, 1.82) is 0 Å². The average molecular weight is 224 g/mol. The first-order valence-electron chi connectivity index (χ1n) is 5.64. The quantitative estimate of drug-likeness (QED) is 0.739. The molecule has 0 saturated carbocycles. The Bertz CT molecular complexity index is 310. The molecule has 0 aliphatic rings. The number of nitrogens with zero attached hydrogens (tertiary/aromatic N) is 2. The SMILES string of the molecule is CCC(N)CC(=O)NC(C)Cn1cccn1. The zero-order chi connectivity index (χ0) is 12.0. The van der Waals surface area contributed by atoms with E-state index < -0.39 is 0 Å². The van der Waals surface area contributed by atoms with E-state index in [1.807, 2.05) is 26.1 Å². The molecule has 1 aromatic heterocycles. The molecule has 2 atom stereocenters. The van der Waals surface area contributed by atoms with Crippen LogP contribution in [-0.4, -0.2) is 27.8 Å². The smallest absolute Gasteiger partial charge is 0.221 e. The molecule has 0 radical (unpaired) electrons. The third-order valence-corrected chi connectivity index (χ3v) is 2.40. The lowest BCUT2D eigenvalue weighted by Gasteiger charge is -2.15. The minimum atomic E-state index is -0.0445. The summed E-state index contributed by atoms with van der Waals surface area (Å²) in [5.74, 6) is 0.00834. The van der Waals surface area contributed by atoms with E-state index in [1.54, 1.807) is 10.9 Å². The molecule has 0 aliphatic carbocycles. The van der Waals surface area contributed by atoms with Gasteiger partial charge < -0.3 is 11.1 Å². The number of aromatic nitrogens is 2. The van der Waals surface area contributed by atoms with Gasteiger partial charge in [0.15, 0.2) is 0 Å². The molecule has 0 aromatic carbocycles. The summed E-state index contributed by atoms with van der Waals surface area (Å²) in [5, 5.41) is 6.98. The topological polar surface area (TPSA) is 72.9 Å². The second-order valence-electron chi connectivity index (χ2n) is 4.07. The number of hydrogen-bond donors (Lipinski definition) is 2. The van der Waals surface area contributed by atoms with Gasteiger partial charge in [0.25, 0.3) is 0 Å². The van der Waals surface area contributed by atoms with Crippen molar-refractivity contribution in [3.05, 3.63) is 18.5 Å². The van der Waals surface area contributed by atoms with Crippen LogP contribution in [0.1, 0.15) is 26.7 Å². The van der Waals surface area contributed by atoms with E-state index in [-0.39, 0.29) is 18.0 Å². The lowest BCUT2D eigenvalue weighted by atomic mass is 10.1. The van der Waals surface area contributed by atoms with Crippen LogP contribution >= 0.6 is 0 Å². The van der Waals surface area contributed by atoms with Crippen molar-refractivity contribution in [1.82, 2.24) is 15.1 Å². The molecular formula is C11H20N4O. The fourth-order valence-corrected chi connectivity index (χ4v) is 1.45. The van der Waals surface area contributed by atoms with Gasteiger partial charge in [0.2, 0.25) is 5.91 Å². The van der Waals surface area contributed by atoms with Crippen LogP contribution in [0.15, 0.2) is 18.5 Å². The molecule has 0 bridgehead atoms. The summed E-state index contributed by atoms with van der Waals surface area (Å²) >= 11 is 0. The van der Waals surface area contributed by atoms with Gasteiger partial charge in [-0.25, -0.2) is 0 Å². The summed E-state index contributed by atoms with van der Waals surface area (Å²) in [6.07, 6.45) is 4.81. The molecule has 3 N–H and O–H groups in total. The van der Waals surface area contributed by atoms with Crippen molar-refractivity contribution >= 4 is 5.91 Å². The van der Waals surface area contributed by atoms with Crippen LogP contribution in [-0.2, 0) is 11.3 Å². The maximum Gasteiger partial charge on any atom is 0.221 e. The lowest BCUT2D eigenvalue weighted by molar-refractivity contribution is -0.122. The molecule has 5 nitrogen and oxygen atoms in total. The van der Waals surface area contributed by atoms with Gasteiger partial charge >= 0.3 is 0 Å². The first-order chi connectivity index (χ1) is 7.61. The number of carbonyl (C=O) groups excluding carboxylic acids is 1. The van der Waals surface area contributed by atoms with E-state index in [0.717, 1.165) is 6.42 Å². The standard InChI is InChI=1S/C11H20N4O/c1-3-10(12)7-11(16)14-9(2)8-15-6-4-5-13-15/h4-6,9-10H,3,7-8,12H2,1-2H3,(H,14,16). The molecule has 16 heavy (non-hydrogen) atoms. The second-order valence-corrected chi connectivity index (χ2v) is 4.07. The number of hydrogen-bond acceptors (Lipinski definition) is 3. The van der Waals surface area contributed by atoms with Gasteiger partial charge in [-0.1, -0.05) is 6.92 Å². The third-order valence-electron chi connectivity index (χ3n) is 2.40. The first-order valence-corrected chi connectivity index (χ1v) is 5.64. The minimum absolute atomic E-state index is 0.00834. The van der Waals surface area contributed by atoms with Gasteiger partial charge in [0.1, 0.15) is 0 Å². The molecule has 5 heteroatoms. The van der Waals surface area contributed by atoms with Crippen molar-refractivity contribution < 1.29 is 4.79 Å². The number of amides is 1. The Labute approximate surface area is 96.0 Å². The van der Waals surface area contributed by atoms with E-state index in [9.17, 15) is 4.79 Å². The first kappa shape index (κ1) is 12.7. The predicted molar refractivity (Wildman–Crippen MR) is 62.7 cm³/mol. The summed E-state index contributed by atoms with van der Waals surface area (Å²) in [7, 11) is 0. The lowest BCUT2D eigenvalue weighted by Crippen LogP contribution is -2.38. The number of rotatable bonds is 6. The zero-order valence-corrected chi connectivity index (χ0v) is 9.89. The van der Waals surface area contributed by atoms with E-state index in [4.69, 9.17) is 5.73 Å². The van der Waals surface area contributed by atoms with Crippen LogP contribution in [0.4, 0.5) is 0 Å². The fraction of sp³-hybridized carbons (Fsp3) is 0.636.